The molecule has 0 aliphatic heterocycles. The summed E-state index contributed by atoms with van der Waals surface area (Å²) in [6.45, 7) is 9.23. The van der Waals surface area contributed by atoms with Gasteiger partial charge >= 0.3 is 0 Å². The number of ketones is 2. The summed E-state index contributed by atoms with van der Waals surface area (Å²) in [5.74, 6) is -1.95. The molecular formula is C24H25ClN2O3. The van der Waals surface area contributed by atoms with Crippen molar-refractivity contribution < 1.29 is 14.4 Å². The van der Waals surface area contributed by atoms with Gasteiger partial charge in [0.15, 0.2) is 5.78 Å². The molecule has 5 nitrogen and oxygen atoms in total. The van der Waals surface area contributed by atoms with Gasteiger partial charge in [-0.15, -0.1) is 6.58 Å². The smallest absolute Gasteiger partial charge is 0.221 e. The number of hydrogen-bond donors (Lipinski definition) is 1. The van der Waals surface area contributed by atoms with E-state index in [9.17, 15) is 14.4 Å². The monoisotopic (exact) mass is 424 g/mol. The predicted octanol–water partition coefficient (Wildman–Crippen LogP) is 4.34. The van der Waals surface area contributed by atoms with Gasteiger partial charge in [0.2, 0.25) is 5.91 Å². The van der Waals surface area contributed by atoms with Gasteiger partial charge in [0.1, 0.15) is 11.7 Å². The Hall–Kier alpha value is -2.79. The van der Waals surface area contributed by atoms with Gasteiger partial charge in [0, 0.05) is 36.6 Å². The number of carbonyl (C=O) groups is 3. The van der Waals surface area contributed by atoms with Gasteiger partial charge in [0.25, 0.3) is 0 Å². The molecule has 3 atom stereocenters. The van der Waals surface area contributed by atoms with Crippen molar-refractivity contribution in [2.24, 2.45) is 5.92 Å². The molecule has 2 aromatic rings. The molecule has 156 valence electrons. The average molecular weight is 425 g/mol. The summed E-state index contributed by atoms with van der Waals surface area (Å²) in [6.07, 6.45) is 3.32. The van der Waals surface area contributed by atoms with Crippen molar-refractivity contribution in [1.29, 1.82) is 0 Å². The van der Waals surface area contributed by atoms with Gasteiger partial charge in [-0.2, -0.15) is 0 Å². The zero-order chi connectivity index (χ0) is 22.0. The Labute approximate surface area is 181 Å². The number of aryl methyl sites for hydroxylation is 2. The number of hydrogen-bond acceptors (Lipinski definition) is 4. The quantitative estimate of drug-likeness (QED) is 0.552. The predicted molar refractivity (Wildman–Crippen MR) is 117 cm³/mol. The van der Waals surface area contributed by atoms with Gasteiger partial charge in [0.05, 0.1) is 10.7 Å². The summed E-state index contributed by atoms with van der Waals surface area (Å²) >= 11 is 5.92. The molecule has 0 spiro atoms. The second-order valence-corrected chi connectivity index (χ2v) is 8.32. The first kappa shape index (κ1) is 21.9. The number of pyridine rings is 1. The van der Waals surface area contributed by atoms with Crippen LogP contribution in [0.1, 0.15) is 42.4 Å². The Bertz CT molecular complexity index is 991. The topological polar surface area (TPSA) is 76.1 Å². The molecule has 3 rings (SSSR count). The van der Waals surface area contributed by atoms with Crippen molar-refractivity contribution in [1.82, 2.24) is 10.3 Å². The van der Waals surface area contributed by atoms with Crippen LogP contribution in [0.2, 0.25) is 5.02 Å². The summed E-state index contributed by atoms with van der Waals surface area (Å²) in [4.78, 5) is 42.3. The van der Waals surface area contributed by atoms with Crippen LogP contribution in [-0.4, -0.2) is 28.5 Å². The second-order valence-electron chi connectivity index (χ2n) is 7.88. The lowest BCUT2D eigenvalue weighted by Gasteiger charge is -2.17. The summed E-state index contributed by atoms with van der Waals surface area (Å²) < 4.78 is 0. The molecule has 1 saturated carbocycles. The van der Waals surface area contributed by atoms with E-state index < -0.39 is 11.8 Å². The van der Waals surface area contributed by atoms with E-state index in [1.165, 1.54) is 0 Å². The zero-order valence-corrected chi connectivity index (χ0v) is 18.1. The number of amides is 1. The van der Waals surface area contributed by atoms with E-state index in [4.69, 9.17) is 11.6 Å². The first-order valence-corrected chi connectivity index (χ1v) is 10.3. The van der Waals surface area contributed by atoms with Crippen molar-refractivity contribution in [3.63, 3.8) is 0 Å². The fourth-order valence-corrected chi connectivity index (χ4v) is 4.16. The molecule has 3 unspecified atom stereocenters. The van der Waals surface area contributed by atoms with Crippen LogP contribution in [0.5, 0.6) is 0 Å². The molecule has 30 heavy (non-hydrogen) atoms. The van der Waals surface area contributed by atoms with E-state index >= 15 is 0 Å². The average Bonchev–Trinajstić information content (AvgIpc) is 2.95. The fourth-order valence-electron chi connectivity index (χ4n) is 4.05. The van der Waals surface area contributed by atoms with E-state index in [2.05, 4.69) is 16.9 Å². The highest BCUT2D eigenvalue weighted by Gasteiger charge is 2.43. The van der Waals surface area contributed by atoms with Crippen molar-refractivity contribution in [3.05, 3.63) is 64.8 Å². The van der Waals surface area contributed by atoms with E-state index in [0.717, 1.165) is 27.9 Å². The Morgan fingerprint density at radius 1 is 1.30 bits per heavy atom. The maximum Gasteiger partial charge on any atom is 0.221 e. The molecule has 1 fully saturated rings. The molecule has 1 aliphatic rings. The first-order valence-electron chi connectivity index (χ1n) is 9.92. The number of halogens is 1. The van der Waals surface area contributed by atoms with Crippen LogP contribution in [0.25, 0.3) is 11.3 Å². The molecule has 1 aromatic carbocycles. The van der Waals surface area contributed by atoms with Crippen LogP contribution < -0.4 is 5.32 Å². The zero-order valence-electron chi connectivity index (χ0n) is 17.4. The molecule has 1 aromatic heterocycles. The molecular weight excluding hydrogens is 400 g/mol. The summed E-state index contributed by atoms with van der Waals surface area (Å²) in [6, 6.07) is 7.30. The highest BCUT2D eigenvalue weighted by Crippen LogP contribution is 2.38. The Morgan fingerprint density at radius 3 is 2.53 bits per heavy atom. The number of carbonyl (C=O) groups excluding carboxylic acids is 3. The SMILES string of the molecule is C=CC(C)NC(=O)CC1CC(=O)C(c2c(C)cc(-c3ccc(Cl)cn3)cc2C)C1=O. The van der Waals surface area contributed by atoms with Gasteiger partial charge in [-0.25, -0.2) is 0 Å². The van der Waals surface area contributed by atoms with Gasteiger partial charge in [-0.3, -0.25) is 19.4 Å². The maximum absolute atomic E-state index is 13.1. The van der Waals surface area contributed by atoms with Gasteiger partial charge < -0.3 is 5.32 Å². The third-order valence-electron chi connectivity index (χ3n) is 5.54. The minimum atomic E-state index is -0.813. The number of aromatic nitrogens is 1. The molecule has 1 aliphatic carbocycles. The lowest BCUT2D eigenvalue weighted by atomic mass is 9.85. The van der Waals surface area contributed by atoms with Crippen LogP contribution in [0.15, 0.2) is 43.1 Å². The van der Waals surface area contributed by atoms with Crippen LogP contribution in [0, 0.1) is 19.8 Å². The standard InChI is InChI=1S/C24H25ClN2O3/c1-5-15(4)27-21(29)11-17-10-20(28)23(24(17)30)22-13(2)8-16(9-14(22)3)19-7-6-18(25)12-26-19/h5-9,12,15,17,23H,1,10-11H2,2-4H3,(H,27,29). The lowest BCUT2D eigenvalue weighted by Crippen LogP contribution is -2.33. The van der Waals surface area contributed by atoms with Crippen molar-refractivity contribution in [3.8, 4) is 11.3 Å². The first-order chi connectivity index (χ1) is 14.2. The van der Waals surface area contributed by atoms with Crippen molar-refractivity contribution in [2.75, 3.05) is 0 Å². The normalized spacial score (nSPS) is 19.6. The number of Topliss-reactive ketones (excluding diaryl/α,β-unsaturated/α-hetero) is 2. The van der Waals surface area contributed by atoms with E-state index in [0.29, 0.717) is 5.02 Å². The van der Waals surface area contributed by atoms with Crippen molar-refractivity contribution in [2.45, 2.75) is 45.6 Å². The third kappa shape index (κ3) is 4.51. The molecule has 0 bridgehead atoms. The largest absolute Gasteiger partial charge is 0.350 e. The highest BCUT2D eigenvalue weighted by atomic mass is 35.5. The molecule has 0 radical (unpaired) electrons. The number of rotatable bonds is 6. The van der Waals surface area contributed by atoms with Crippen LogP contribution in [0.3, 0.4) is 0 Å². The van der Waals surface area contributed by atoms with Gasteiger partial charge in [-0.1, -0.05) is 17.7 Å². The summed E-state index contributed by atoms with van der Waals surface area (Å²) in [7, 11) is 0. The third-order valence-corrected chi connectivity index (χ3v) is 5.76. The Morgan fingerprint density at radius 2 is 1.97 bits per heavy atom. The Kier molecular flexibility index (Phi) is 6.52. The molecule has 1 N–H and O–H groups in total. The summed E-state index contributed by atoms with van der Waals surface area (Å²) in [5.41, 5.74) is 4.13. The maximum atomic E-state index is 13.1. The van der Waals surface area contributed by atoms with Crippen molar-refractivity contribution >= 4 is 29.1 Å². The molecule has 6 heteroatoms. The van der Waals surface area contributed by atoms with Crippen LogP contribution in [-0.2, 0) is 14.4 Å². The summed E-state index contributed by atoms with van der Waals surface area (Å²) in [5, 5.41) is 3.32. The lowest BCUT2D eigenvalue weighted by molar-refractivity contribution is -0.128. The molecule has 0 saturated heterocycles. The van der Waals surface area contributed by atoms with E-state index in [1.807, 2.05) is 32.0 Å². The Balaban J connectivity index is 1.85. The minimum absolute atomic E-state index is 0.0180. The van der Waals surface area contributed by atoms with E-state index in [1.54, 1.807) is 25.3 Å². The highest BCUT2D eigenvalue weighted by molar-refractivity contribution is 6.30. The second kappa shape index (κ2) is 8.92. The number of nitrogens with one attached hydrogen (secondary N) is 1. The number of benzene rings is 1. The molecule has 1 heterocycles. The fraction of sp³-hybridized carbons (Fsp3) is 0.333. The molecule has 1 amide bonds. The van der Waals surface area contributed by atoms with Gasteiger partial charge in [-0.05, 0) is 61.7 Å². The van der Waals surface area contributed by atoms with Crippen LogP contribution >= 0.6 is 11.6 Å². The van der Waals surface area contributed by atoms with Crippen LogP contribution in [0.4, 0.5) is 0 Å². The van der Waals surface area contributed by atoms with E-state index in [-0.39, 0.29) is 36.4 Å². The number of nitrogens with zero attached hydrogens (tertiary/aromatic N) is 1. The minimum Gasteiger partial charge on any atom is -0.350 e.